The first-order chi connectivity index (χ1) is 12.4. The minimum absolute atomic E-state index is 0.239. The van der Waals surface area contributed by atoms with Crippen LogP contribution in [0.3, 0.4) is 0 Å². The monoisotopic (exact) mass is 378 g/mol. The maximum absolute atomic E-state index is 12.7. The number of hydrogen-bond donors (Lipinski definition) is 1. The van der Waals surface area contributed by atoms with E-state index in [2.05, 4.69) is 27.2 Å². The zero-order valence-corrected chi connectivity index (χ0v) is 16.3. The second kappa shape index (κ2) is 7.73. The van der Waals surface area contributed by atoms with Crippen LogP contribution in [0.2, 0.25) is 0 Å². The van der Waals surface area contributed by atoms with Crippen LogP contribution in [0.4, 0.5) is 5.82 Å². The fourth-order valence-corrected chi connectivity index (χ4v) is 4.40. The van der Waals surface area contributed by atoms with Gasteiger partial charge in [0.05, 0.1) is 5.69 Å². The molecular formula is C17H26N6O2S. The van der Waals surface area contributed by atoms with Crippen LogP contribution < -0.4 is 5.32 Å². The van der Waals surface area contributed by atoms with Gasteiger partial charge in [0.15, 0.2) is 0 Å². The Balaban J connectivity index is 1.66. The number of rotatable bonds is 6. The van der Waals surface area contributed by atoms with Gasteiger partial charge in [0.2, 0.25) is 10.0 Å². The van der Waals surface area contributed by atoms with E-state index in [1.54, 1.807) is 16.8 Å². The van der Waals surface area contributed by atoms with Gasteiger partial charge in [-0.2, -0.15) is 9.40 Å². The maximum Gasteiger partial charge on any atom is 0.244 e. The third-order valence-corrected chi connectivity index (χ3v) is 6.51. The summed E-state index contributed by atoms with van der Waals surface area (Å²) in [7, 11) is 0.426. The lowest BCUT2D eigenvalue weighted by Gasteiger charge is -2.31. The number of likely N-dealkylation sites (N-methyl/N-ethyl adjacent to an activating group) is 1. The molecule has 0 bridgehead atoms. The van der Waals surface area contributed by atoms with Crippen molar-refractivity contribution in [2.24, 2.45) is 7.05 Å². The van der Waals surface area contributed by atoms with Gasteiger partial charge < -0.3 is 10.2 Å². The quantitative estimate of drug-likeness (QED) is 0.805. The van der Waals surface area contributed by atoms with E-state index in [4.69, 9.17) is 0 Å². The Morgan fingerprint density at radius 3 is 2.50 bits per heavy atom. The average Bonchev–Trinajstić information content (AvgIpc) is 3.00. The van der Waals surface area contributed by atoms with Crippen LogP contribution in [0.5, 0.6) is 0 Å². The number of hydrogen-bond acceptors (Lipinski definition) is 6. The Hall–Kier alpha value is -1.97. The molecule has 3 rings (SSSR count). The van der Waals surface area contributed by atoms with Crippen LogP contribution in [-0.4, -0.2) is 65.6 Å². The minimum Gasteiger partial charge on any atom is -0.366 e. The SMILES string of the molecule is CCc1nn(C)cc1CNc1ccc(S(=O)(=O)N2CCN(C)CC2)cn1. The lowest BCUT2D eigenvalue weighted by Crippen LogP contribution is -2.47. The molecule has 1 aliphatic rings. The van der Waals surface area contributed by atoms with Crippen molar-refractivity contribution in [1.29, 1.82) is 0 Å². The third kappa shape index (κ3) is 4.05. The van der Waals surface area contributed by atoms with E-state index in [0.29, 0.717) is 25.5 Å². The molecule has 0 aliphatic carbocycles. The Morgan fingerprint density at radius 2 is 1.88 bits per heavy atom. The first-order valence-electron chi connectivity index (χ1n) is 8.80. The second-order valence-electron chi connectivity index (χ2n) is 6.57. The number of piperazine rings is 1. The van der Waals surface area contributed by atoms with E-state index in [-0.39, 0.29) is 4.90 Å². The maximum atomic E-state index is 12.7. The zero-order chi connectivity index (χ0) is 18.7. The van der Waals surface area contributed by atoms with Gasteiger partial charge in [0.25, 0.3) is 0 Å². The zero-order valence-electron chi connectivity index (χ0n) is 15.5. The van der Waals surface area contributed by atoms with Gasteiger partial charge in [0.1, 0.15) is 10.7 Å². The van der Waals surface area contributed by atoms with Crippen molar-refractivity contribution >= 4 is 15.8 Å². The van der Waals surface area contributed by atoms with E-state index in [1.807, 2.05) is 20.3 Å². The molecule has 0 spiro atoms. The van der Waals surface area contributed by atoms with Crippen LogP contribution in [0.15, 0.2) is 29.4 Å². The summed E-state index contributed by atoms with van der Waals surface area (Å²) in [5.74, 6) is 0.647. The average molecular weight is 379 g/mol. The highest BCUT2D eigenvalue weighted by atomic mass is 32.2. The fraction of sp³-hybridized carbons (Fsp3) is 0.529. The van der Waals surface area contributed by atoms with Crippen molar-refractivity contribution in [1.82, 2.24) is 24.0 Å². The molecule has 142 valence electrons. The van der Waals surface area contributed by atoms with Gasteiger partial charge in [-0.05, 0) is 25.6 Å². The second-order valence-corrected chi connectivity index (χ2v) is 8.51. The summed E-state index contributed by atoms with van der Waals surface area (Å²) in [5.41, 5.74) is 2.17. The van der Waals surface area contributed by atoms with Crippen molar-refractivity contribution < 1.29 is 8.42 Å². The van der Waals surface area contributed by atoms with Gasteiger partial charge in [-0.1, -0.05) is 6.92 Å². The largest absolute Gasteiger partial charge is 0.366 e. The summed E-state index contributed by atoms with van der Waals surface area (Å²) in [6.07, 6.45) is 4.28. The molecule has 0 unspecified atom stereocenters. The molecule has 0 radical (unpaired) electrons. The molecule has 26 heavy (non-hydrogen) atoms. The minimum atomic E-state index is -3.47. The first-order valence-corrected chi connectivity index (χ1v) is 10.2. The van der Waals surface area contributed by atoms with Gasteiger partial charge >= 0.3 is 0 Å². The molecule has 0 aromatic carbocycles. The number of anilines is 1. The van der Waals surface area contributed by atoms with Gasteiger partial charge in [-0.15, -0.1) is 0 Å². The summed E-state index contributed by atoms with van der Waals surface area (Å²) < 4.78 is 28.7. The van der Waals surface area contributed by atoms with Crippen molar-refractivity contribution in [2.45, 2.75) is 24.8 Å². The molecule has 1 aliphatic heterocycles. The molecule has 0 atom stereocenters. The van der Waals surface area contributed by atoms with Crippen molar-refractivity contribution in [3.63, 3.8) is 0 Å². The standard InChI is InChI=1S/C17H26N6O2S/c1-4-16-14(13-22(3)20-16)11-18-17-6-5-15(12-19-17)26(24,25)23-9-7-21(2)8-10-23/h5-6,12-13H,4,7-11H2,1-3H3,(H,18,19). The lowest BCUT2D eigenvalue weighted by atomic mass is 10.2. The van der Waals surface area contributed by atoms with Crippen LogP contribution in [0, 0.1) is 0 Å². The predicted molar refractivity (Wildman–Crippen MR) is 100 cm³/mol. The number of aromatic nitrogens is 3. The molecule has 0 amide bonds. The highest BCUT2D eigenvalue weighted by Crippen LogP contribution is 2.18. The van der Waals surface area contributed by atoms with Gasteiger partial charge in [-0.3, -0.25) is 4.68 Å². The molecule has 8 nitrogen and oxygen atoms in total. The number of aryl methyl sites for hydroxylation is 2. The van der Waals surface area contributed by atoms with Crippen LogP contribution >= 0.6 is 0 Å². The Labute approximate surface area is 154 Å². The fourth-order valence-electron chi connectivity index (χ4n) is 3.03. The Morgan fingerprint density at radius 1 is 1.15 bits per heavy atom. The molecule has 3 heterocycles. The topological polar surface area (TPSA) is 83.4 Å². The molecule has 1 N–H and O–H groups in total. The number of nitrogens with one attached hydrogen (secondary N) is 1. The normalized spacial score (nSPS) is 16.7. The molecule has 1 fully saturated rings. The summed E-state index contributed by atoms with van der Waals surface area (Å²) in [5, 5.41) is 7.65. The molecule has 1 saturated heterocycles. The predicted octanol–water partition coefficient (Wildman–Crippen LogP) is 0.926. The molecule has 9 heteroatoms. The van der Waals surface area contributed by atoms with Crippen LogP contribution in [-0.2, 0) is 30.0 Å². The highest BCUT2D eigenvalue weighted by molar-refractivity contribution is 7.89. The van der Waals surface area contributed by atoms with E-state index in [9.17, 15) is 8.42 Å². The van der Waals surface area contributed by atoms with Crippen molar-refractivity contribution in [3.05, 3.63) is 35.8 Å². The summed E-state index contributed by atoms with van der Waals surface area (Å²) >= 11 is 0. The van der Waals surface area contributed by atoms with Crippen LogP contribution in [0.25, 0.3) is 0 Å². The van der Waals surface area contributed by atoms with Crippen LogP contribution in [0.1, 0.15) is 18.2 Å². The van der Waals surface area contributed by atoms with Crippen molar-refractivity contribution in [2.75, 3.05) is 38.5 Å². The number of nitrogens with zero attached hydrogens (tertiary/aromatic N) is 5. The van der Waals surface area contributed by atoms with Crippen molar-refractivity contribution in [3.8, 4) is 0 Å². The smallest absolute Gasteiger partial charge is 0.244 e. The molecule has 2 aromatic heterocycles. The number of pyridine rings is 1. The lowest BCUT2D eigenvalue weighted by molar-refractivity contribution is 0.222. The Kier molecular flexibility index (Phi) is 5.59. The first kappa shape index (κ1) is 18.8. The molecule has 2 aromatic rings. The summed E-state index contributed by atoms with van der Waals surface area (Å²) in [4.78, 5) is 6.64. The summed E-state index contributed by atoms with van der Waals surface area (Å²) in [6, 6.07) is 3.33. The van der Waals surface area contributed by atoms with E-state index < -0.39 is 10.0 Å². The van der Waals surface area contributed by atoms with E-state index in [1.165, 1.54) is 10.5 Å². The highest BCUT2D eigenvalue weighted by Gasteiger charge is 2.27. The molecule has 0 saturated carbocycles. The summed E-state index contributed by atoms with van der Waals surface area (Å²) in [6.45, 7) is 5.20. The van der Waals surface area contributed by atoms with Gasteiger partial charge in [0, 0.05) is 57.7 Å². The Bertz CT molecular complexity index is 839. The number of sulfonamides is 1. The molecular weight excluding hydrogens is 352 g/mol. The van der Waals surface area contributed by atoms with E-state index >= 15 is 0 Å². The third-order valence-electron chi connectivity index (χ3n) is 4.62. The van der Waals surface area contributed by atoms with E-state index in [0.717, 1.165) is 30.8 Å². The van der Waals surface area contributed by atoms with Gasteiger partial charge in [-0.25, -0.2) is 13.4 Å².